The van der Waals surface area contributed by atoms with Gasteiger partial charge in [0.05, 0.1) is 16.5 Å². The van der Waals surface area contributed by atoms with E-state index >= 15 is 0 Å². The Balaban J connectivity index is 1.77. The summed E-state index contributed by atoms with van der Waals surface area (Å²) in [7, 11) is 3.89. The number of methoxy groups -OCH3 is 1. The minimum Gasteiger partial charge on any atom is -0.478 e. The molecule has 0 bridgehead atoms. The molecule has 1 N–H and O–H groups in total. The molecule has 0 amide bonds. The lowest BCUT2D eigenvalue weighted by Crippen LogP contribution is -2.46. The van der Waals surface area contributed by atoms with Gasteiger partial charge in [0.15, 0.2) is 0 Å². The molecular weight excluding hydrogens is 370 g/mol. The molecule has 0 unspecified atom stereocenters. The number of aromatic carboxylic acids is 1. The SMILES string of the molecule is CO[C@H]1C[C@@H](N(C)c2ccccc2-c2sc3c(c2C(=O)O)CC(C)(C)CC3)C1. The Morgan fingerprint density at radius 2 is 2.00 bits per heavy atom. The first-order chi connectivity index (χ1) is 13.3. The molecule has 150 valence electrons. The number of carboxylic acid groups (broad SMARTS) is 1. The normalized spacial score (nSPS) is 23.0. The van der Waals surface area contributed by atoms with Crippen molar-refractivity contribution in [2.45, 2.75) is 58.1 Å². The van der Waals surface area contributed by atoms with Crippen molar-refractivity contribution in [1.29, 1.82) is 0 Å². The van der Waals surface area contributed by atoms with E-state index in [2.05, 4.69) is 37.9 Å². The number of hydrogen-bond acceptors (Lipinski definition) is 4. The summed E-state index contributed by atoms with van der Waals surface area (Å²) < 4.78 is 5.44. The first kappa shape index (κ1) is 19.5. The molecule has 1 heterocycles. The lowest BCUT2D eigenvalue weighted by atomic mass is 9.76. The highest BCUT2D eigenvalue weighted by Gasteiger charge is 2.36. The van der Waals surface area contributed by atoms with Crippen molar-refractivity contribution >= 4 is 23.0 Å². The summed E-state index contributed by atoms with van der Waals surface area (Å²) in [6, 6.07) is 8.68. The third-order valence-corrected chi connectivity index (χ3v) is 7.79. The molecule has 2 aliphatic carbocycles. The van der Waals surface area contributed by atoms with Crippen LogP contribution in [-0.2, 0) is 17.6 Å². The van der Waals surface area contributed by atoms with Crippen LogP contribution in [0.1, 0.15) is 53.9 Å². The number of aryl methyl sites for hydroxylation is 1. The van der Waals surface area contributed by atoms with Crippen LogP contribution in [0.4, 0.5) is 5.69 Å². The van der Waals surface area contributed by atoms with Crippen molar-refractivity contribution in [3.63, 3.8) is 0 Å². The van der Waals surface area contributed by atoms with E-state index in [4.69, 9.17) is 4.74 Å². The minimum absolute atomic E-state index is 0.160. The van der Waals surface area contributed by atoms with Gasteiger partial charge >= 0.3 is 5.97 Å². The van der Waals surface area contributed by atoms with Gasteiger partial charge in [-0.2, -0.15) is 0 Å². The van der Waals surface area contributed by atoms with Gasteiger partial charge < -0.3 is 14.7 Å². The van der Waals surface area contributed by atoms with E-state index in [0.29, 0.717) is 17.7 Å². The highest BCUT2D eigenvalue weighted by atomic mass is 32.1. The van der Waals surface area contributed by atoms with Crippen molar-refractivity contribution in [2.24, 2.45) is 5.41 Å². The first-order valence-corrected chi connectivity index (χ1v) is 10.9. The Kier molecular flexibility index (Phi) is 5.00. The van der Waals surface area contributed by atoms with Crippen LogP contribution in [0.5, 0.6) is 0 Å². The Morgan fingerprint density at radius 3 is 2.68 bits per heavy atom. The van der Waals surface area contributed by atoms with Crippen LogP contribution in [0.15, 0.2) is 24.3 Å². The molecule has 0 aliphatic heterocycles. The molecule has 2 aliphatic rings. The lowest BCUT2D eigenvalue weighted by Gasteiger charge is -2.42. The number of para-hydroxylation sites is 1. The molecule has 1 saturated carbocycles. The third kappa shape index (κ3) is 3.35. The van der Waals surface area contributed by atoms with Crippen LogP contribution < -0.4 is 4.90 Å². The number of thiophene rings is 1. The van der Waals surface area contributed by atoms with E-state index in [1.165, 1.54) is 4.88 Å². The number of ether oxygens (including phenoxy) is 1. The molecule has 2 aromatic rings. The van der Waals surface area contributed by atoms with E-state index < -0.39 is 5.97 Å². The molecule has 0 atom stereocenters. The third-order valence-electron chi connectivity index (χ3n) is 6.47. The summed E-state index contributed by atoms with van der Waals surface area (Å²) in [5, 5.41) is 10.1. The van der Waals surface area contributed by atoms with Gasteiger partial charge in [-0.15, -0.1) is 11.3 Å². The van der Waals surface area contributed by atoms with Gasteiger partial charge in [0.2, 0.25) is 0 Å². The molecule has 28 heavy (non-hydrogen) atoms. The number of anilines is 1. The van der Waals surface area contributed by atoms with Gasteiger partial charge in [-0.3, -0.25) is 0 Å². The fourth-order valence-electron chi connectivity index (χ4n) is 4.55. The second kappa shape index (κ2) is 7.20. The fourth-order valence-corrected chi connectivity index (χ4v) is 5.90. The van der Waals surface area contributed by atoms with Crippen molar-refractivity contribution < 1.29 is 14.6 Å². The van der Waals surface area contributed by atoms with Crippen molar-refractivity contribution in [1.82, 2.24) is 0 Å². The Morgan fingerprint density at radius 1 is 1.29 bits per heavy atom. The Labute approximate surface area is 171 Å². The van der Waals surface area contributed by atoms with Crippen molar-refractivity contribution in [2.75, 3.05) is 19.1 Å². The highest BCUT2D eigenvalue weighted by Crippen LogP contribution is 2.47. The number of carbonyl (C=O) groups is 1. The lowest BCUT2D eigenvalue weighted by molar-refractivity contribution is 0.0266. The average molecular weight is 400 g/mol. The van der Waals surface area contributed by atoms with Gasteiger partial charge in [0.1, 0.15) is 0 Å². The number of hydrogen-bond donors (Lipinski definition) is 1. The Bertz CT molecular complexity index is 895. The molecule has 4 rings (SSSR count). The number of benzene rings is 1. The molecule has 1 fully saturated rings. The molecule has 0 saturated heterocycles. The second-order valence-corrected chi connectivity index (χ2v) is 10.1. The van der Waals surface area contributed by atoms with Crippen LogP contribution in [0.3, 0.4) is 0 Å². The summed E-state index contributed by atoms with van der Waals surface area (Å²) >= 11 is 1.69. The predicted molar refractivity (Wildman–Crippen MR) is 115 cm³/mol. The van der Waals surface area contributed by atoms with Crippen LogP contribution >= 0.6 is 11.3 Å². The summed E-state index contributed by atoms with van der Waals surface area (Å²) in [4.78, 5) is 16.8. The summed E-state index contributed by atoms with van der Waals surface area (Å²) in [6.45, 7) is 4.48. The van der Waals surface area contributed by atoms with Crippen LogP contribution in [0.2, 0.25) is 0 Å². The van der Waals surface area contributed by atoms with Crippen LogP contribution in [0, 0.1) is 5.41 Å². The standard InChI is InChI=1S/C23H29NO3S/c1-23(2)10-9-19-17(13-23)20(22(25)26)21(28-19)16-7-5-6-8-18(16)24(3)14-11-15(12-14)27-4/h5-8,14-15H,9-13H2,1-4H3,(H,25,26)/t14-,15+. The maximum Gasteiger partial charge on any atom is 0.337 e. The van der Waals surface area contributed by atoms with Gasteiger partial charge in [0.25, 0.3) is 0 Å². The maximum atomic E-state index is 12.3. The molecule has 5 heteroatoms. The Hall–Kier alpha value is -1.85. The number of rotatable bonds is 5. The van der Waals surface area contributed by atoms with Crippen molar-refractivity contribution in [3.8, 4) is 10.4 Å². The quantitative estimate of drug-likeness (QED) is 0.747. The van der Waals surface area contributed by atoms with Crippen molar-refractivity contribution in [3.05, 3.63) is 40.3 Å². The predicted octanol–water partition coefficient (Wildman–Crippen LogP) is 5.24. The van der Waals surface area contributed by atoms with E-state index in [0.717, 1.165) is 53.8 Å². The van der Waals surface area contributed by atoms with Crippen LogP contribution in [0.25, 0.3) is 10.4 Å². The fraction of sp³-hybridized carbons (Fsp3) is 0.522. The van der Waals surface area contributed by atoms with E-state index in [-0.39, 0.29) is 5.41 Å². The largest absolute Gasteiger partial charge is 0.478 e. The highest BCUT2D eigenvalue weighted by molar-refractivity contribution is 7.16. The second-order valence-electron chi connectivity index (χ2n) is 8.97. The zero-order chi connectivity index (χ0) is 20.1. The molecule has 1 aromatic heterocycles. The topological polar surface area (TPSA) is 49.8 Å². The van der Waals surface area contributed by atoms with Crippen LogP contribution in [-0.4, -0.2) is 37.4 Å². The van der Waals surface area contributed by atoms with Gasteiger partial charge in [-0.05, 0) is 49.1 Å². The van der Waals surface area contributed by atoms with E-state index in [9.17, 15) is 9.90 Å². The molecule has 4 nitrogen and oxygen atoms in total. The van der Waals surface area contributed by atoms with Gasteiger partial charge in [0, 0.05) is 36.3 Å². The molecule has 0 spiro atoms. The van der Waals surface area contributed by atoms with E-state index in [1.807, 2.05) is 12.1 Å². The molecule has 0 radical (unpaired) electrons. The minimum atomic E-state index is -0.800. The summed E-state index contributed by atoms with van der Waals surface area (Å²) in [5.74, 6) is -0.800. The number of carboxylic acids is 1. The molecular formula is C23H29NO3S. The average Bonchev–Trinajstić information content (AvgIpc) is 2.98. The number of fused-ring (bicyclic) bond motifs is 1. The smallest absolute Gasteiger partial charge is 0.337 e. The van der Waals surface area contributed by atoms with E-state index in [1.54, 1.807) is 18.4 Å². The first-order valence-electron chi connectivity index (χ1n) is 10.0. The van der Waals surface area contributed by atoms with Gasteiger partial charge in [-0.1, -0.05) is 32.0 Å². The van der Waals surface area contributed by atoms with Gasteiger partial charge in [-0.25, -0.2) is 4.79 Å². The summed E-state index contributed by atoms with van der Waals surface area (Å²) in [6.07, 6.45) is 5.30. The maximum absolute atomic E-state index is 12.3. The molecule has 1 aromatic carbocycles. The number of nitrogens with zero attached hydrogens (tertiary/aromatic N) is 1. The zero-order valence-electron chi connectivity index (χ0n) is 17.1. The summed E-state index contributed by atoms with van der Waals surface area (Å²) in [5.41, 5.74) is 3.90. The monoisotopic (exact) mass is 399 g/mol. The zero-order valence-corrected chi connectivity index (χ0v) is 17.9.